The molecule has 80 valence electrons. The number of hydrogen-bond acceptors (Lipinski definition) is 1. The van der Waals surface area contributed by atoms with Crippen molar-refractivity contribution in [3.05, 3.63) is 35.9 Å². The van der Waals surface area contributed by atoms with E-state index in [0.29, 0.717) is 5.41 Å². The molecule has 0 aliphatic heterocycles. The molecule has 1 aromatic rings. The summed E-state index contributed by atoms with van der Waals surface area (Å²) in [6.07, 6.45) is 4.28. The van der Waals surface area contributed by atoms with Gasteiger partial charge in [0, 0.05) is 0 Å². The van der Waals surface area contributed by atoms with Crippen molar-refractivity contribution in [2.24, 2.45) is 10.8 Å². The van der Waals surface area contributed by atoms with Crippen LogP contribution in [0.2, 0.25) is 0 Å². The van der Waals surface area contributed by atoms with Gasteiger partial charge in [0.15, 0.2) is 0 Å². The predicted octanol–water partition coefficient (Wildman–Crippen LogP) is 3.39. The van der Waals surface area contributed by atoms with Gasteiger partial charge >= 0.3 is 0 Å². The highest BCUT2D eigenvalue weighted by molar-refractivity contribution is 5.20. The number of benzene rings is 1. The standard InChI is InChI=1S/C14H18O/c1-13(10-14(13)7-8-14)11-15-9-12-5-3-2-4-6-12/h2-6H,7-11H2,1H3. The molecule has 2 fully saturated rings. The Bertz CT molecular complexity index is 353. The van der Waals surface area contributed by atoms with Crippen molar-refractivity contribution in [3.63, 3.8) is 0 Å². The second-order valence-electron chi connectivity index (χ2n) is 5.50. The Morgan fingerprint density at radius 3 is 2.53 bits per heavy atom. The second-order valence-corrected chi connectivity index (χ2v) is 5.50. The maximum Gasteiger partial charge on any atom is 0.0717 e. The van der Waals surface area contributed by atoms with Crippen molar-refractivity contribution in [1.29, 1.82) is 0 Å². The second kappa shape index (κ2) is 3.08. The van der Waals surface area contributed by atoms with Gasteiger partial charge in [-0.2, -0.15) is 0 Å². The molecular formula is C14H18O. The van der Waals surface area contributed by atoms with Crippen LogP contribution in [-0.4, -0.2) is 6.61 Å². The van der Waals surface area contributed by atoms with Gasteiger partial charge < -0.3 is 4.74 Å². The maximum absolute atomic E-state index is 5.82. The van der Waals surface area contributed by atoms with E-state index in [4.69, 9.17) is 4.74 Å². The first kappa shape index (κ1) is 9.41. The van der Waals surface area contributed by atoms with Crippen LogP contribution in [0.25, 0.3) is 0 Å². The monoisotopic (exact) mass is 202 g/mol. The van der Waals surface area contributed by atoms with Crippen LogP contribution in [0.4, 0.5) is 0 Å². The molecule has 3 rings (SSSR count). The van der Waals surface area contributed by atoms with Gasteiger partial charge in [-0.15, -0.1) is 0 Å². The minimum Gasteiger partial charge on any atom is -0.376 e. The van der Waals surface area contributed by atoms with E-state index in [9.17, 15) is 0 Å². The highest BCUT2D eigenvalue weighted by Crippen LogP contribution is 2.78. The fourth-order valence-corrected chi connectivity index (χ4v) is 2.81. The molecule has 2 aliphatic carbocycles. The van der Waals surface area contributed by atoms with Crippen LogP contribution in [0.3, 0.4) is 0 Å². The minimum absolute atomic E-state index is 0.516. The maximum atomic E-state index is 5.82. The molecule has 1 nitrogen and oxygen atoms in total. The SMILES string of the molecule is CC1(COCc2ccccc2)CC12CC2. The summed E-state index contributed by atoms with van der Waals surface area (Å²) in [5.41, 5.74) is 2.53. The molecule has 1 unspecified atom stereocenters. The summed E-state index contributed by atoms with van der Waals surface area (Å²) in [6, 6.07) is 10.4. The number of ether oxygens (including phenoxy) is 1. The fraction of sp³-hybridized carbons (Fsp3) is 0.571. The molecule has 2 aliphatic rings. The van der Waals surface area contributed by atoms with Gasteiger partial charge in [-0.3, -0.25) is 0 Å². The van der Waals surface area contributed by atoms with Gasteiger partial charge in [0.25, 0.3) is 0 Å². The molecule has 1 heteroatoms. The van der Waals surface area contributed by atoms with Gasteiger partial charge in [-0.25, -0.2) is 0 Å². The average Bonchev–Trinajstić information content (AvgIpc) is 3.11. The van der Waals surface area contributed by atoms with Crippen LogP contribution in [0.15, 0.2) is 30.3 Å². The Labute approximate surface area is 91.5 Å². The summed E-state index contributed by atoms with van der Waals surface area (Å²) in [5, 5.41) is 0. The Hall–Kier alpha value is -0.820. The molecule has 0 heterocycles. The molecule has 2 saturated carbocycles. The van der Waals surface area contributed by atoms with E-state index in [2.05, 4.69) is 31.2 Å². The fourth-order valence-electron chi connectivity index (χ4n) is 2.81. The van der Waals surface area contributed by atoms with Crippen molar-refractivity contribution in [2.45, 2.75) is 32.8 Å². The first-order valence-electron chi connectivity index (χ1n) is 5.86. The average molecular weight is 202 g/mol. The van der Waals surface area contributed by atoms with Gasteiger partial charge in [0.05, 0.1) is 13.2 Å². The highest BCUT2D eigenvalue weighted by Gasteiger charge is 2.70. The largest absolute Gasteiger partial charge is 0.376 e. The molecule has 0 N–H and O–H groups in total. The molecule has 0 radical (unpaired) electrons. The zero-order chi connectivity index (χ0) is 10.4. The summed E-state index contributed by atoms with van der Waals surface area (Å²) >= 11 is 0. The van der Waals surface area contributed by atoms with Gasteiger partial charge in [0.1, 0.15) is 0 Å². The summed E-state index contributed by atoms with van der Waals surface area (Å²) in [4.78, 5) is 0. The quantitative estimate of drug-likeness (QED) is 0.727. The van der Waals surface area contributed by atoms with Crippen molar-refractivity contribution < 1.29 is 4.74 Å². The van der Waals surface area contributed by atoms with Crippen LogP contribution in [0, 0.1) is 10.8 Å². The van der Waals surface area contributed by atoms with E-state index in [1.54, 1.807) is 0 Å². The topological polar surface area (TPSA) is 9.23 Å². The Kier molecular flexibility index (Phi) is 1.93. The molecule has 0 amide bonds. The van der Waals surface area contributed by atoms with E-state index in [0.717, 1.165) is 18.6 Å². The highest BCUT2D eigenvalue weighted by atomic mass is 16.5. The molecular weight excluding hydrogens is 184 g/mol. The van der Waals surface area contributed by atoms with E-state index < -0.39 is 0 Å². The first-order chi connectivity index (χ1) is 7.24. The Morgan fingerprint density at radius 2 is 1.93 bits per heavy atom. The third-order valence-electron chi connectivity index (χ3n) is 4.27. The third-order valence-corrected chi connectivity index (χ3v) is 4.27. The number of rotatable bonds is 4. The van der Waals surface area contributed by atoms with Gasteiger partial charge in [0.2, 0.25) is 0 Å². The van der Waals surface area contributed by atoms with Crippen LogP contribution in [-0.2, 0) is 11.3 Å². The lowest BCUT2D eigenvalue weighted by molar-refractivity contribution is 0.0768. The van der Waals surface area contributed by atoms with Crippen LogP contribution >= 0.6 is 0 Å². The molecule has 0 saturated heterocycles. The van der Waals surface area contributed by atoms with E-state index in [1.807, 2.05) is 6.07 Å². The normalized spacial score (nSPS) is 30.5. The molecule has 0 bridgehead atoms. The lowest BCUT2D eigenvalue weighted by atomic mass is 10.1. The predicted molar refractivity (Wildman–Crippen MR) is 60.5 cm³/mol. The molecule has 1 spiro atoms. The summed E-state index contributed by atoms with van der Waals surface area (Å²) in [5.74, 6) is 0. The zero-order valence-electron chi connectivity index (χ0n) is 9.33. The molecule has 0 aromatic heterocycles. The van der Waals surface area contributed by atoms with Crippen molar-refractivity contribution in [1.82, 2.24) is 0 Å². The first-order valence-corrected chi connectivity index (χ1v) is 5.86. The van der Waals surface area contributed by atoms with Gasteiger partial charge in [-0.1, -0.05) is 37.3 Å². The van der Waals surface area contributed by atoms with Crippen molar-refractivity contribution >= 4 is 0 Å². The van der Waals surface area contributed by atoms with E-state index >= 15 is 0 Å². The van der Waals surface area contributed by atoms with E-state index in [1.165, 1.54) is 24.8 Å². The van der Waals surface area contributed by atoms with Crippen molar-refractivity contribution in [2.75, 3.05) is 6.61 Å². The lowest BCUT2D eigenvalue weighted by Crippen LogP contribution is -2.09. The van der Waals surface area contributed by atoms with Crippen LogP contribution in [0.5, 0.6) is 0 Å². The Morgan fingerprint density at radius 1 is 1.20 bits per heavy atom. The summed E-state index contributed by atoms with van der Waals surface area (Å²) < 4.78 is 5.82. The summed E-state index contributed by atoms with van der Waals surface area (Å²) in [6.45, 7) is 4.10. The molecule has 1 atom stereocenters. The number of hydrogen-bond donors (Lipinski definition) is 0. The van der Waals surface area contributed by atoms with Crippen LogP contribution < -0.4 is 0 Å². The molecule has 15 heavy (non-hydrogen) atoms. The van der Waals surface area contributed by atoms with Crippen LogP contribution in [0.1, 0.15) is 31.7 Å². The smallest absolute Gasteiger partial charge is 0.0717 e. The van der Waals surface area contributed by atoms with Crippen molar-refractivity contribution in [3.8, 4) is 0 Å². The van der Waals surface area contributed by atoms with Gasteiger partial charge in [-0.05, 0) is 35.7 Å². The lowest BCUT2D eigenvalue weighted by Gasteiger charge is -2.11. The zero-order valence-corrected chi connectivity index (χ0v) is 9.33. The minimum atomic E-state index is 0.516. The molecule has 1 aromatic carbocycles. The third kappa shape index (κ3) is 1.59. The summed E-state index contributed by atoms with van der Waals surface area (Å²) in [7, 11) is 0. The van der Waals surface area contributed by atoms with E-state index in [-0.39, 0.29) is 0 Å². The Balaban J connectivity index is 1.48.